The molecule has 0 aliphatic heterocycles. The molecule has 0 radical (unpaired) electrons. The van der Waals surface area contributed by atoms with Crippen molar-refractivity contribution in [3.63, 3.8) is 0 Å². The van der Waals surface area contributed by atoms with Crippen molar-refractivity contribution in [1.29, 1.82) is 0 Å². The van der Waals surface area contributed by atoms with Crippen LogP contribution in [-0.4, -0.2) is 26.6 Å². The second-order valence-corrected chi connectivity index (χ2v) is 8.26. The van der Waals surface area contributed by atoms with E-state index in [0.717, 1.165) is 30.5 Å². The monoisotopic (exact) mass is 469 g/mol. The van der Waals surface area contributed by atoms with E-state index in [1.165, 1.54) is 18.5 Å². The zero-order valence-electron chi connectivity index (χ0n) is 15.7. The zero-order valence-corrected chi connectivity index (χ0v) is 17.3. The van der Waals surface area contributed by atoms with Crippen LogP contribution in [0.1, 0.15) is 12.8 Å². The van der Waals surface area contributed by atoms with E-state index in [2.05, 4.69) is 19.4 Å². The van der Waals surface area contributed by atoms with E-state index in [1.807, 2.05) is 6.07 Å². The predicted molar refractivity (Wildman–Crippen MR) is 109 cm³/mol. The zero-order chi connectivity index (χ0) is 22.0. The number of nitrogens with zero attached hydrogens (tertiary/aromatic N) is 2. The molecule has 0 saturated heterocycles. The fourth-order valence-corrected chi connectivity index (χ4v) is 3.64. The first-order chi connectivity index (χ1) is 14.8. The normalized spacial score (nSPS) is 14.7. The summed E-state index contributed by atoms with van der Waals surface area (Å²) >= 11 is 6.29. The third-order valence-electron chi connectivity index (χ3n) is 4.18. The molecule has 0 bridgehead atoms. The largest absolute Gasteiger partial charge is 0.573 e. The number of aromatic nitrogens is 2. The smallest absolute Gasteiger partial charge is 0.489 e. The van der Waals surface area contributed by atoms with Crippen LogP contribution in [0.5, 0.6) is 11.5 Å². The maximum absolute atomic E-state index is 12.5. The number of ether oxygens (including phenoxy) is 2. The number of alkyl halides is 3. The molecule has 1 atom stereocenters. The Morgan fingerprint density at radius 3 is 2.45 bits per heavy atom. The van der Waals surface area contributed by atoms with Crippen molar-refractivity contribution in [1.82, 2.24) is 9.97 Å². The van der Waals surface area contributed by atoms with E-state index in [-0.39, 0.29) is 16.8 Å². The second-order valence-electron chi connectivity index (χ2n) is 6.64. The molecule has 1 saturated carbocycles. The predicted octanol–water partition coefficient (Wildman–Crippen LogP) is 5.37. The lowest BCUT2D eigenvalue weighted by Crippen LogP contribution is -2.17. The van der Waals surface area contributed by atoms with Crippen LogP contribution in [0.15, 0.2) is 59.8 Å². The first kappa shape index (κ1) is 21.4. The number of hydrogen-bond acceptors (Lipinski definition) is 5. The van der Waals surface area contributed by atoms with Crippen LogP contribution in [0.25, 0.3) is 11.3 Å². The summed E-state index contributed by atoms with van der Waals surface area (Å²) in [5, 5.41) is 0.460. The van der Waals surface area contributed by atoms with Crippen LogP contribution in [0, 0.1) is 0 Å². The molecule has 1 unspecified atom stereocenters. The van der Waals surface area contributed by atoms with Crippen molar-refractivity contribution in [3.8, 4) is 22.8 Å². The Hall–Kier alpha value is -2.85. The first-order valence-electron chi connectivity index (χ1n) is 9.10. The summed E-state index contributed by atoms with van der Waals surface area (Å²) in [6, 6.07) is 11.6. The standard InChI is InChI=1S/C20H15ClF3N3O3S/c21-16-9-12(1-8-18(16)29-13-2-3-13)17-10-19(26-11-25-17)27-31(28)15-6-4-14(5-7-15)30-20(22,23)24/h1,4-11,13H,2-3H2,(H,25,26,27). The third-order valence-corrected chi connectivity index (χ3v) is 5.57. The van der Waals surface area contributed by atoms with Crippen LogP contribution >= 0.6 is 11.6 Å². The quantitative estimate of drug-likeness (QED) is 0.503. The van der Waals surface area contributed by atoms with E-state index in [0.29, 0.717) is 16.5 Å². The van der Waals surface area contributed by atoms with Crippen LogP contribution in [-0.2, 0) is 11.0 Å². The van der Waals surface area contributed by atoms with Crippen molar-refractivity contribution >= 4 is 28.4 Å². The lowest BCUT2D eigenvalue weighted by atomic mass is 10.1. The van der Waals surface area contributed by atoms with Gasteiger partial charge in [0.1, 0.15) is 23.6 Å². The SMILES string of the molecule is O=S(Nc1cc(-c2ccc(OC3CC3)c(Cl)c2)ncn1)c1ccc(OC(F)(F)F)cc1. The maximum atomic E-state index is 12.5. The number of rotatable bonds is 7. The van der Waals surface area contributed by atoms with Gasteiger partial charge in [-0.25, -0.2) is 14.2 Å². The van der Waals surface area contributed by atoms with Crippen LogP contribution in [0.4, 0.5) is 19.0 Å². The lowest BCUT2D eigenvalue weighted by molar-refractivity contribution is -0.274. The van der Waals surface area contributed by atoms with Crippen molar-refractivity contribution in [3.05, 3.63) is 59.9 Å². The minimum atomic E-state index is -4.79. The van der Waals surface area contributed by atoms with Gasteiger partial charge < -0.3 is 9.47 Å². The van der Waals surface area contributed by atoms with Gasteiger partial charge in [0.2, 0.25) is 0 Å². The summed E-state index contributed by atoms with van der Waals surface area (Å²) in [6.45, 7) is 0. The lowest BCUT2D eigenvalue weighted by Gasteiger charge is -2.10. The molecule has 4 rings (SSSR count). The summed E-state index contributed by atoms with van der Waals surface area (Å²) in [4.78, 5) is 8.49. The number of anilines is 1. The van der Waals surface area contributed by atoms with E-state index in [1.54, 1.807) is 18.2 Å². The van der Waals surface area contributed by atoms with Gasteiger partial charge in [0.05, 0.1) is 21.7 Å². The van der Waals surface area contributed by atoms with Crippen LogP contribution in [0.2, 0.25) is 5.02 Å². The van der Waals surface area contributed by atoms with Gasteiger partial charge in [-0.15, -0.1) is 13.2 Å². The number of nitrogens with one attached hydrogen (secondary N) is 1. The highest BCUT2D eigenvalue weighted by atomic mass is 35.5. The minimum Gasteiger partial charge on any atom is -0.489 e. The molecule has 1 aromatic heterocycles. The van der Waals surface area contributed by atoms with E-state index >= 15 is 0 Å². The Morgan fingerprint density at radius 2 is 1.81 bits per heavy atom. The third kappa shape index (κ3) is 5.86. The summed E-state index contributed by atoms with van der Waals surface area (Å²) in [5.41, 5.74) is 1.27. The summed E-state index contributed by atoms with van der Waals surface area (Å²) in [5.74, 6) is 0.483. The Kier molecular flexibility index (Phi) is 6.01. The molecule has 3 aromatic rings. The molecular weight excluding hydrogens is 455 g/mol. The summed E-state index contributed by atoms with van der Waals surface area (Å²) in [6.07, 6.45) is -1.22. The van der Waals surface area contributed by atoms with Gasteiger partial charge in [0, 0.05) is 11.6 Å². The van der Waals surface area contributed by atoms with E-state index in [4.69, 9.17) is 16.3 Å². The number of halogens is 4. The van der Waals surface area contributed by atoms with Gasteiger partial charge >= 0.3 is 6.36 Å². The average Bonchev–Trinajstić information content (AvgIpc) is 3.53. The molecule has 0 amide bonds. The summed E-state index contributed by atoms with van der Waals surface area (Å²) in [7, 11) is -1.76. The van der Waals surface area contributed by atoms with Crippen molar-refractivity contribution in [2.45, 2.75) is 30.2 Å². The van der Waals surface area contributed by atoms with Gasteiger partial charge in [-0.2, -0.15) is 0 Å². The molecule has 1 fully saturated rings. The van der Waals surface area contributed by atoms with E-state index in [9.17, 15) is 17.4 Å². The Balaban J connectivity index is 1.46. The van der Waals surface area contributed by atoms with Crippen molar-refractivity contribution in [2.75, 3.05) is 4.72 Å². The number of hydrogen-bond donors (Lipinski definition) is 1. The van der Waals surface area contributed by atoms with Crippen LogP contribution in [0.3, 0.4) is 0 Å². The van der Waals surface area contributed by atoms with Gasteiger partial charge in [-0.05, 0) is 55.3 Å². The highest BCUT2D eigenvalue weighted by molar-refractivity contribution is 7.86. The molecule has 0 spiro atoms. The highest BCUT2D eigenvalue weighted by Gasteiger charge is 2.31. The molecule has 2 aromatic carbocycles. The van der Waals surface area contributed by atoms with Crippen molar-refractivity contribution in [2.24, 2.45) is 0 Å². The van der Waals surface area contributed by atoms with Gasteiger partial charge in [-0.1, -0.05) is 11.6 Å². The first-order valence-corrected chi connectivity index (χ1v) is 10.6. The second kappa shape index (κ2) is 8.72. The molecule has 1 aliphatic rings. The summed E-state index contributed by atoms with van der Waals surface area (Å²) < 4.78 is 61.5. The van der Waals surface area contributed by atoms with Gasteiger partial charge in [0.15, 0.2) is 11.0 Å². The Bertz CT molecular complexity index is 1110. The fraction of sp³-hybridized carbons (Fsp3) is 0.200. The maximum Gasteiger partial charge on any atom is 0.573 e. The van der Waals surface area contributed by atoms with Crippen LogP contribution < -0.4 is 14.2 Å². The van der Waals surface area contributed by atoms with Gasteiger partial charge in [0.25, 0.3) is 0 Å². The highest BCUT2D eigenvalue weighted by Crippen LogP contribution is 2.34. The molecule has 6 nitrogen and oxygen atoms in total. The number of benzene rings is 2. The average molecular weight is 470 g/mol. The van der Waals surface area contributed by atoms with E-state index < -0.39 is 23.1 Å². The minimum absolute atomic E-state index is 0.224. The van der Waals surface area contributed by atoms with Crippen molar-refractivity contribution < 1.29 is 26.9 Å². The fourth-order valence-electron chi connectivity index (χ4n) is 2.61. The molecular formula is C20H15ClF3N3O3S. The Labute approximate surface area is 183 Å². The molecule has 162 valence electrons. The molecule has 31 heavy (non-hydrogen) atoms. The molecule has 1 heterocycles. The van der Waals surface area contributed by atoms with Gasteiger partial charge in [-0.3, -0.25) is 4.72 Å². The molecule has 1 N–H and O–H groups in total. The Morgan fingerprint density at radius 1 is 1.06 bits per heavy atom. The topological polar surface area (TPSA) is 73.3 Å². The molecule has 11 heteroatoms. The molecule has 1 aliphatic carbocycles.